The third-order valence-electron chi connectivity index (χ3n) is 3.75. The van der Waals surface area contributed by atoms with Crippen molar-refractivity contribution in [3.8, 4) is 0 Å². The van der Waals surface area contributed by atoms with Gasteiger partial charge in [0, 0.05) is 5.92 Å². The van der Waals surface area contributed by atoms with Crippen LogP contribution in [0.2, 0.25) is 0 Å². The quantitative estimate of drug-likeness (QED) is 0.775. The van der Waals surface area contributed by atoms with Crippen molar-refractivity contribution in [3.05, 3.63) is 0 Å². The third kappa shape index (κ3) is 4.02. The highest BCUT2D eigenvalue weighted by molar-refractivity contribution is 5.85. The number of aliphatic carboxylic acids is 1. The topological polar surface area (TPSA) is 66.4 Å². The van der Waals surface area contributed by atoms with Crippen LogP contribution in [0, 0.1) is 11.8 Å². The summed E-state index contributed by atoms with van der Waals surface area (Å²) in [6.07, 6.45) is 5.91. The van der Waals surface area contributed by atoms with E-state index in [0.717, 1.165) is 32.1 Å². The zero-order valence-electron chi connectivity index (χ0n) is 10.7. The van der Waals surface area contributed by atoms with Crippen molar-refractivity contribution < 1.29 is 14.7 Å². The van der Waals surface area contributed by atoms with Gasteiger partial charge in [0.05, 0.1) is 0 Å². The zero-order chi connectivity index (χ0) is 12.8. The summed E-state index contributed by atoms with van der Waals surface area (Å²) in [6.45, 7) is 3.80. The molecule has 1 aliphatic carbocycles. The van der Waals surface area contributed by atoms with Gasteiger partial charge >= 0.3 is 5.97 Å². The number of carboxylic acids is 1. The van der Waals surface area contributed by atoms with Crippen LogP contribution < -0.4 is 5.32 Å². The number of carbonyl (C=O) groups is 2. The molecular weight excluding hydrogens is 218 g/mol. The van der Waals surface area contributed by atoms with Crippen molar-refractivity contribution in [2.24, 2.45) is 11.8 Å². The molecule has 1 saturated carbocycles. The van der Waals surface area contributed by atoms with Crippen molar-refractivity contribution >= 4 is 11.9 Å². The Morgan fingerprint density at radius 1 is 1.29 bits per heavy atom. The van der Waals surface area contributed by atoms with Crippen LogP contribution in [0.25, 0.3) is 0 Å². The maximum atomic E-state index is 12.0. The summed E-state index contributed by atoms with van der Waals surface area (Å²) < 4.78 is 0. The molecule has 1 unspecified atom stereocenters. The molecule has 4 heteroatoms. The standard InChI is InChI=1S/C13H23NO3/c1-3-9(2)11(13(16)17)14-12(15)10-7-5-4-6-8-10/h9-11H,3-8H2,1-2H3,(H,14,15)(H,16,17)/t9?,11-/m0/s1. The minimum atomic E-state index is -0.927. The molecule has 0 spiro atoms. The first-order valence-corrected chi connectivity index (χ1v) is 6.59. The molecule has 2 N–H and O–H groups in total. The molecule has 1 fully saturated rings. The number of hydrogen-bond acceptors (Lipinski definition) is 2. The third-order valence-corrected chi connectivity index (χ3v) is 3.75. The molecule has 0 radical (unpaired) electrons. The fourth-order valence-electron chi connectivity index (χ4n) is 2.32. The second-order valence-corrected chi connectivity index (χ2v) is 5.04. The smallest absolute Gasteiger partial charge is 0.326 e. The van der Waals surface area contributed by atoms with Crippen molar-refractivity contribution in [2.75, 3.05) is 0 Å². The molecule has 0 heterocycles. The lowest BCUT2D eigenvalue weighted by molar-refractivity contribution is -0.144. The van der Waals surface area contributed by atoms with Gasteiger partial charge in [0.1, 0.15) is 6.04 Å². The Morgan fingerprint density at radius 3 is 2.35 bits per heavy atom. The fraction of sp³-hybridized carbons (Fsp3) is 0.846. The van der Waals surface area contributed by atoms with Gasteiger partial charge in [-0.1, -0.05) is 39.5 Å². The van der Waals surface area contributed by atoms with Gasteiger partial charge in [-0.25, -0.2) is 4.79 Å². The van der Waals surface area contributed by atoms with Crippen molar-refractivity contribution in [1.82, 2.24) is 5.32 Å². The summed E-state index contributed by atoms with van der Waals surface area (Å²) in [4.78, 5) is 23.1. The first kappa shape index (κ1) is 14.0. The Hall–Kier alpha value is -1.06. The van der Waals surface area contributed by atoms with Crippen molar-refractivity contribution in [1.29, 1.82) is 0 Å². The van der Waals surface area contributed by atoms with E-state index in [1.54, 1.807) is 0 Å². The summed E-state index contributed by atoms with van der Waals surface area (Å²) in [5.74, 6) is -1.00. The monoisotopic (exact) mass is 241 g/mol. The largest absolute Gasteiger partial charge is 0.480 e. The van der Waals surface area contributed by atoms with Gasteiger partial charge < -0.3 is 10.4 Å². The summed E-state index contributed by atoms with van der Waals surface area (Å²) in [6, 6.07) is -0.741. The van der Waals surface area contributed by atoms with Gasteiger partial charge in [-0.15, -0.1) is 0 Å². The fourth-order valence-corrected chi connectivity index (χ4v) is 2.32. The van der Waals surface area contributed by atoms with Crippen LogP contribution >= 0.6 is 0 Å². The lowest BCUT2D eigenvalue weighted by Crippen LogP contribution is -2.47. The highest BCUT2D eigenvalue weighted by Gasteiger charge is 2.29. The molecule has 0 aromatic carbocycles. The number of carboxylic acid groups (broad SMARTS) is 1. The SMILES string of the molecule is CCC(C)[C@H](NC(=O)C1CCCCC1)C(=O)O. The van der Waals surface area contributed by atoms with Crippen molar-refractivity contribution in [3.63, 3.8) is 0 Å². The maximum Gasteiger partial charge on any atom is 0.326 e. The zero-order valence-corrected chi connectivity index (χ0v) is 10.7. The molecule has 0 aromatic heterocycles. The average Bonchev–Trinajstić information content (AvgIpc) is 2.35. The van der Waals surface area contributed by atoms with E-state index in [0.29, 0.717) is 0 Å². The average molecular weight is 241 g/mol. The molecule has 1 rings (SSSR count). The highest BCUT2D eigenvalue weighted by Crippen LogP contribution is 2.24. The second kappa shape index (κ2) is 6.62. The van der Waals surface area contributed by atoms with Crippen LogP contribution in [-0.4, -0.2) is 23.0 Å². The molecular formula is C13H23NO3. The summed E-state index contributed by atoms with van der Waals surface area (Å²) in [7, 11) is 0. The van der Waals surface area contributed by atoms with E-state index in [1.165, 1.54) is 6.42 Å². The van der Waals surface area contributed by atoms with E-state index < -0.39 is 12.0 Å². The molecule has 0 aliphatic heterocycles. The van der Waals surface area contributed by atoms with Crippen LogP contribution in [-0.2, 0) is 9.59 Å². The predicted molar refractivity (Wildman–Crippen MR) is 65.6 cm³/mol. The number of carbonyl (C=O) groups excluding carboxylic acids is 1. The number of rotatable bonds is 5. The van der Waals surface area contributed by atoms with E-state index in [9.17, 15) is 9.59 Å². The molecule has 1 aliphatic rings. The van der Waals surface area contributed by atoms with E-state index in [2.05, 4.69) is 5.32 Å². The Kier molecular flexibility index (Phi) is 5.45. The highest BCUT2D eigenvalue weighted by atomic mass is 16.4. The molecule has 1 amide bonds. The number of hydrogen-bond donors (Lipinski definition) is 2. The molecule has 98 valence electrons. The Balaban J connectivity index is 2.53. The molecule has 0 saturated heterocycles. The van der Waals surface area contributed by atoms with E-state index >= 15 is 0 Å². The first-order chi connectivity index (χ1) is 8.06. The molecule has 17 heavy (non-hydrogen) atoms. The second-order valence-electron chi connectivity index (χ2n) is 5.04. The molecule has 0 aromatic rings. The number of amides is 1. The summed E-state index contributed by atoms with van der Waals surface area (Å²) in [5, 5.41) is 11.8. The normalized spacial score (nSPS) is 20.6. The first-order valence-electron chi connectivity index (χ1n) is 6.59. The predicted octanol–water partition coefficient (Wildman–Crippen LogP) is 2.18. The van der Waals surface area contributed by atoms with Crippen LogP contribution in [0.5, 0.6) is 0 Å². The Morgan fingerprint density at radius 2 is 1.88 bits per heavy atom. The lowest BCUT2D eigenvalue weighted by Gasteiger charge is -2.25. The van der Waals surface area contributed by atoms with Crippen LogP contribution in [0.4, 0.5) is 0 Å². The molecule has 4 nitrogen and oxygen atoms in total. The maximum absolute atomic E-state index is 12.0. The van der Waals surface area contributed by atoms with Gasteiger partial charge in [0.25, 0.3) is 0 Å². The van der Waals surface area contributed by atoms with Gasteiger partial charge in [0.2, 0.25) is 5.91 Å². The van der Waals surface area contributed by atoms with Crippen molar-refractivity contribution in [2.45, 2.75) is 58.4 Å². The Labute approximate surface area is 103 Å². The minimum absolute atomic E-state index is 0.0228. The molecule has 0 bridgehead atoms. The van der Waals surface area contributed by atoms with Crippen LogP contribution in [0.15, 0.2) is 0 Å². The van der Waals surface area contributed by atoms with Crippen LogP contribution in [0.3, 0.4) is 0 Å². The summed E-state index contributed by atoms with van der Waals surface area (Å²) in [5.41, 5.74) is 0. The number of nitrogens with one attached hydrogen (secondary N) is 1. The van der Waals surface area contributed by atoms with Gasteiger partial charge in [-0.05, 0) is 18.8 Å². The van der Waals surface area contributed by atoms with Gasteiger partial charge in [-0.2, -0.15) is 0 Å². The van der Waals surface area contributed by atoms with E-state index in [-0.39, 0.29) is 17.7 Å². The van der Waals surface area contributed by atoms with Crippen LogP contribution in [0.1, 0.15) is 52.4 Å². The van der Waals surface area contributed by atoms with Gasteiger partial charge in [0.15, 0.2) is 0 Å². The Bertz CT molecular complexity index is 272. The van der Waals surface area contributed by atoms with E-state index in [1.807, 2.05) is 13.8 Å². The van der Waals surface area contributed by atoms with E-state index in [4.69, 9.17) is 5.11 Å². The summed E-state index contributed by atoms with van der Waals surface area (Å²) >= 11 is 0. The minimum Gasteiger partial charge on any atom is -0.480 e. The lowest BCUT2D eigenvalue weighted by atomic mass is 9.88. The molecule has 2 atom stereocenters. The van der Waals surface area contributed by atoms with Gasteiger partial charge in [-0.3, -0.25) is 4.79 Å².